The van der Waals surface area contributed by atoms with Crippen LogP contribution >= 0.6 is 0 Å². The number of ether oxygens (including phenoxy) is 1. The zero-order chi connectivity index (χ0) is 15.7. The molecule has 0 aliphatic heterocycles. The lowest BCUT2D eigenvalue weighted by molar-refractivity contribution is 0.117. The van der Waals surface area contributed by atoms with E-state index in [0.717, 1.165) is 13.1 Å². The van der Waals surface area contributed by atoms with Gasteiger partial charge in [0, 0.05) is 19.7 Å². The second-order valence-corrected chi connectivity index (χ2v) is 6.70. The molecule has 0 saturated heterocycles. The molecule has 0 spiro atoms. The number of sulfone groups is 1. The molecule has 1 aromatic rings. The van der Waals surface area contributed by atoms with Gasteiger partial charge in [0.1, 0.15) is 0 Å². The van der Waals surface area contributed by atoms with Crippen LogP contribution in [0.25, 0.3) is 0 Å². The maximum Gasteiger partial charge on any atom is 0.179 e. The van der Waals surface area contributed by atoms with Crippen molar-refractivity contribution < 1.29 is 13.2 Å². The van der Waals surface area contributed by atoms with Crippen LogP contribution in [0.1, 0.15) is 19.4 Å². The van der Waals surface area contributed by atoms with E-state index in [0.29, 0.717) is 25.3 Å². The smallest absolute Gasteiger partial charge is 0.179 e. The van der Waals surface area contributed by atoms with Crippen LogP contribution in [0.15, 0.2) is 29.2 Å². The van der Waals surface area contributed by atoms with Crippen molar-refractivity contribution in [2.24, 2.45) is 0 Å². The van der Waals surface area contributed by atoms with Crippen molar-refractivity contribution in [3.8, 4) is 6.07 Å². The highest BCUT2D eigenvalue weighted by Crippen LogP contribution is 2.12. The first-order valence-corrected chi connectivity index (χ1v) is 8.71. The Morgan fingerprint density at radius 2 is 1.86 bits per heavy atom. The lowest BCUT2D eigenvalue weighted by Gasteiger charge is -2.20. The molecule has 116 valence electrons. The fourth-order valence-electron chi connectivity index (χ4n) is 1.87. The van der Waals surface area contributed by atoms with Crippen molar-refractivity contribution in [3.05, 3.63) is 29.8 Å². The lowest BCUT2D eigenvalue weighted by atomic mass is 10.2. The summed E-state index contributed by atoms with van der Waals surface area (Å²) >= 11 is 0. The summed E-state index contributed by atoms with van der Waals surface area (Å²) in [6.45, 7) is 7.21. The molecule has 1 aromatic carbocycles. The van der Waals surface area contributed by atoms with Gasteiger partial charge in [-0.1, -0.05) is 6.92 Å². The van der Waals surface area contributed by atoms with Crippen molar-refractivity contribution >= 4 is 9.84 Å². The van der Waals surface area contributed by atoms with E-state index in [1.54, 1.807) is 0 Å². The van der Waals surface area contributed by atoms with Crippen LogP contribution in [-0.2, 0) is 14.6 Å². The molecule has 0 amide bonds. The minimum Gasteiger partial charge on any atom is -0.380 e. The summed E-state index contributed by atoms with van der Waals surface area (Å²) in [6.07, 6.45) is 0. The van der Waals surface area contributed by atoms with Gasteiger partial charge in [0.2, 0.25) is 0 Å². The zero-order valence-corrected chi connectivity index (χ0v) is 13.4. The van der Waals surface area contributed by atoms with E-state index in [1.807, 2.05) is 19.9 Å². The summed E-state index contributed by atoms with van der Waals surface area (Å²) in [5.41, 5.74) is 0.459. The third kappa shape index (κ3) is 5.84. The van der Waals surface area contributed by atoms with E-state index >= 15 is 0 Å². The van der Waals surface area contributed by atoms with E-state index in [4.69, 9.17) is 10.00 Å². The molecule has 0 aliphatic carbocycles. The van der Waals surface area contributed by atoms with Gasteiger partial charge in [-0.25, -0.2) is 8.42 Å². The first-order valence-electron chi connectivity index (χ1n) is 7.06. The minimum absolute atomic E-state index is 0.0683. The first-order chi connectivity index (χ1) is 10.0. The van der Waals surface area contributed by atoms with Crippen LogP contribution < -0.4 is 0 Å². The average molecular weight is 310 g/mol. The molecule has 0 bridgehead atoms. The molecular formula is C15H22N2O3S. The molecule has 5 nitrogen and oxygen atoms in total. The van der Waals surface area contributed by atoms with Crippen molar-refractivity contribution in [3.63, 3.8) is 0 Å². The maximum absolute atomic E-state index is 12.2. The Bertz CT molecular complexity index is 562. The molecule has 0 heterocycles. The Labute approximate surface area is 127 Å². The van der Waals surface area contributed by atoms with Crippen molar-refractivity contribution in [1.82, 2.24) is 4.90 Å². The average Bonchev–Trinajstić information content (AvgIpc) is 2.50. The summed E-state index contributed by atoms with van der Waals surface area (Å²) in [5, 5.41) is 8.72. The Morgan fingerprint density at radius 1 is 1.19 bits per heavy atom. The van der Waals surface area contributed by atoms with Crippen LogP contribution in [0.3, 0.4) is 0 Å². The van der Waals surface area contributed by atoms with Gasteiger partial charge in [0.05, 0.1) is 28.9 Å². The Morgan fingerprint density at radius 3 is 2.38 bits per heavy atom. The standard InChI is InChI=1S/C15H22N2O3S/c1-3-17(9-11-20-4-2)10-12-21(18,19)15-7-5-14(13-16)6-8-15/h5-8H,3-4,9-12H2,1-2H3. The summed E-state index contributed by atoms with van der Waals surface area (Å²) in [6, 6.07) is 8.01. The molecule has 0 N–H and O–H groups in total. The van der Waals surface area contributed by atoms with Crippen molar-refractivity contribution in [1.29, 1.82) is 5.26 Å². The fourth-order valence-corrected chi connectivity index (χ4v) is 3.15. The summed E-state index contributed by atoms with van der Waals surface area (Å²) in [5.74, 6) is 0.0683. The van der Waals surface area contributed by atoms with E-state index in [9.17, 15) is 8.42 Å². The van der Waals surface area contributed by atoms with Gasteiger partial charge in [0.15, 0.2) is 9.84 Å². The van der Waals surface area contributed by atoms with Crippen LogP contribution in [0.5, 0.6) is 0 Å². The Balaban J connectivity index is 2.60. The summed E-state index contributed by atoms with van der Waals surface area (Å²) in [7, 11) is -3.31. The predicted octanol–water partition coefficient (Wildman–Crippen LogP) is 1.69. The third-order valence-electron chi connectivity index (χ3n) is 3.22. The topological polar surface area (TPSA) is 70.4 Å². The lowest BCUT2D eigenvalue weighted by Crippen LogP contribution is -2.32. The van der Waals surface area contributed by atoms with Crippen LogP contribution in [-0.4, -0.2) is 51.9 Å². The quantitative estimate of drug-likeness (QED) is 0.649. The largest absolute Gasteiger partial charge is 0.380 e. The number of hydrogen-bond acceptors (Lipinski definition) is 5. The molecule has 1 rings (SSSR count). The Kier molecular flexibility index (Phi) is 7.37. The monoisotopic (exact) mass is 310 g/mol. The molecule has 0 radical (unpaired) electrons. The highest BCUT2D eigenvalue weighted by Gasteiger charge is 2.16. The van der Waals surface area contributed by atoms with Gasteiger partial charge in [-0.05, 0) is 37.7 Å². The predicted molar refractivity (Wildman–Crippen MR) is 81.8 cm³/mol. The number of rotatable bonds is 9. The highest BCUT2D eigenvalue weighted by molar-refractivity contribution is 7.91. The normalized spacial score (nSPS) is 11.5. The van der Waals surface area contributed by atoms with Gasteiger partial charge >= 0.3 is 0 Å². The molecule has 0 unspecified atom stereocenters. The second kappa shape index (κ2) is 8.78. The number of benzene rings is 1. The first kappa shape index (κ1) is 17.6. The number of likely N-dealkylation sites (N-methyl/N-ethyl adjacent to an activating group) is 1. The maximum atomic E-state index is 12.2. The summed E-state index contributed by atoms with van der Waals surface area (Å²) in [4.78, 5) is 2.32. The van der Waals surface area contributed by atoms with Crippen LogP contribution in [0, 0.1) is 11.3 Å². The molecule has 21 heavy (non-hydrogen) atoms. The van der Waals surface area contributed by atoms with Crippen molar-refractivity contribution in [2.45, 2.75) is 18.7 Å². The van der Waals surface area contributed by atoms with Gasteiger partial charge in [-0.2, -0.15) is 5.26 Å². The van der Waals surface area contributed by atoms with Gasteiger partial charge in [-0.3, -0.25) is 0 Å². The second-order valence-electron chi connectivity index (χ2n) is 4.59. The molecule has 0 atom stereocenters. The summed E-state index contributed by atoms with van der Waals surface area (Å²) < 4.78 is 29.8. The van der Waals surface area contributed by atoms with E-state index in [-0.39, 0.29) is 10.6 Å². The van der Waals surface area contributed by atoms with Crippen LogP contribution in [0.4, 0.5) is 0 Å². The molecular weight excluding hydrogens is 288 g/mol. The van der Waals surface area contributed by atoms with Gasteiger partial charge < -0.3 is 9.64 Å². The number of nitriles is 1. The third-order valence-corrected chi connectivity index (χ3v) is 4.93. The molecule has 0 aliphatic rings. The van der Waals surface area contributed by atoms with E-state index < -0.39 is 9.84 Å². The minimum atomic E-state index is -3.31. The highest BCUT2D eigenvalue weighted by atomic mass is 32.2. The fraction of sp³-hybridized carbons (Fsp3) is 0.533. The molecule has 6 heteroatoms. The molecule has 0 aromatic heterocycles. The SMILES string of the molecule is CCOCCN(CC)CCS(=O)(=O)c1ccc(C#N)cc1. The zero-order valence-electron chi connectivity index (χ0n) is 12.6. The molecule has 0 saturated carbocycles. The van der Waals surface area contributed by atoms with E-state index in [1.165, 1.54) is 24.3 Å². The number of nitrogens with zero attached hydrogens (tertiary/aromatic N) is 2. The molecule has 0 fully saturated rings. The van der Waals surface area contributed by atoms with E-state index in [2.05, 4.69) is 4.90 Å². The number of hydrogen-bond donors (Lipinski definition) is 0. The van der Waals surface area contributed by atoms with Gasteiger partial charge in [0.25, 0.3) is 0 Å². The van der Waals surface area contributed by atoms with Crippen LogP contribution in [0.2, 0.25) is 0 Å². The van der Waals surface area contributed by atoms with Gasteiger partial charge in [-0.15, -0.1) is 0 Å². The van der Waals surface area contributed by atoms with Crippen molar-refractivity contribution in [2.75, 3.05) is 38.6 Å². The Hall–Kier alpha value is -1.42.